The summed E-state index contributed by atoms with van der Waals surface area (Å²) in [6.07, 6.45) is 1.33. The number of nitrogens with zero attached hydrogens (tertiary/aromatic N) is 3. The maximum atomic E-state index is 11.6. The first-order valence-electron chi connectivity index (χ1n) is 7.66. The zero-order valence-corrected chi connectivity index (χ0v) is 14.8. The summed E-state index contributed by atoms with van der Waals surface area (Å²) in [6, 6.07) is 4.10. The van der Waals surface area contributed by atoms with Crippen LogP contribution in [0.1, 0.15) is 31.0 Å². The molecule has 0 aliphatic rings. The summed E-state index contributed by atoms with van der Waals surface area (Å²) < 4.78 is 10.2. The lowest BCUT2D eigenvalue weighted by molar-refractivity contribution is -0.385. The molecule has 10 heteroatoms. The van der Waals surface area contributed by atoms with Gasteiger partial charge in [-0.3, -0.25) is 19.9 Å². The van der Waals surface area contributed by atoms with Crippen LogP contribution in [0.3, 0.4) is 0 Å². The molecule has 0 atom stereocenters. The van der Waals surface area contributed by atoms with E-state index in [1.165, 1.54) is 38.6 Å². The van der Waals surface area contributed by atoms with Gasteiger partial charge in [-0.1, -0.05) is 13.8 Å². The van der Waals surface area contributed by atoms with E-state index in [9.17, 15) is 14.9 Å². The molecule has 2 N–H and O–H groups in total. The van der Waals surface area contributed by atoms with Crippen molar-refractivity contribution < 1.29 is 14.4 Å². The number of hydrogen-bond acceptors (Lipinski definition) is 8. The number of aromatic nitrogens is 2. The summed E-state index contributed by atoms with van der Waals surface area (Å²) in [5.74, 6) is 0.661. The maximum absolute atomic E-state index is 11.6. The van der Waals surface area contributed by atoms with Crippen LogP contribution in [0.15, 0.2) is 28.1 Å². The molecule has 10 nitrogen and oxygen atoms in total. The number of benzene rings is 1. The number of aromatic amines is 1. The fourth-order valence-corrected chi connectivity index (χ4v) is 2.14. The predicted octanol–water partition coefficient (Wildman–Crippen LogP) is 2.26. The van der Waals surface area contributed by atoms with Crippen LogP contribution in [0.2, 0.25) is 0 Å². The van der Waals surface area contributed by atoms with Crippen molar-refractivity contribution in [2.45, 2.75) is 19.8 Å². The Morgan fingerprint density at radius 2 is 1.96 bits per heavy atom. The third-order valence-corrected chi connectivity index (χ3v) is 3.46. The zero-order chi connectivity index (χ0) is 19.3. The lowest BCUT2D eigenvalue weighted by Gasteiger charge is -2.08. The van der Waals surface area contributed by atoms with Crippen LogP contribution in [-0.2, 0) is 0 Å². The molecule has 0 unspecified atom stereocenters. The van der Waals surface area contributed by atoms with Crippen LogP contribution < -0.4 is 20.5 Å². The van der Waals surface area contributed by atoms with Gasteiger partial charge in [0.2, 0.25) is 11.7 Å². The van der Waals surface area contributed by atoms with Crippen LogP contribution in [0, 0.1) is 10.1 Å². The highest BCUT2D eigenvalue weighted by molar-refractivity contribution is 5.86. The largest absolute Gasteiger partial charge is 0.496 e. The number of rotatable bonds is 7. The van der Waals surface area contributed by atoms with Crippen molar-refractivity contribution in [2.24, 2.45) is 5.10 Å². The topological polar surface area (TPSA) is 132 Å². The number of nitro groups is 1. The van der Waals surface area contributed by atoms with E-state index in [1.54, 1.807) is 0 Å². The molecule has 0 fully saturated rings. The summed E-state index contributed by atoms with van der Waals surface area (Å²) in [4.78, 5) is 29.0. The number of nitro benzene ring substituents is 1. The molecule has 2 aromatic rings. The lowest BCUT2D eigenvalue weighted by atomic mass is 10.1. The maximum Gasteiger partial charge on any atom is 0.311 e. The predicted molar refractivity (Wildman–Crippen MR) is 96.4 cm³/mol. The van der Waals surface area contributed by atoms with Crippen molar-refractivity contribution in [3.8, 4) is 11.5 Å². The number of anilines is 1. The average molecular weight is 361 g/mol. The Labute approximate surface area is 149 Å². The second-order valence-electron chi connectivity index (χ2n) is 5.57. The second kappa shape index (κ2) is 8.10. The Bertz CT molecular complexity index is 891. The van der Waals surface area contributed by atoms with Crippen molar-refractivity contribution in [1.29, 1.82) is 0 Å². The zero-order valence-electron chi connectivity index (χ0n) is 14.8. The normalized spacial score (nSPS) is 11.0. The molecule has 26 heavy (non-hydrogen) atoms. The van der Waals surface area contributed by atoms with Gasteiger partial charge < -0.3 is 9.47 Å². The number of methoxy groups -OCH3 is 2. The second-order valence-corrected chi connectivity index (χ2v) is 5.57. The van der Waals surface area contributed by atoms with Gasteiger partial charge in [0.05, 0.1) is 31.1 Å². The van der Waals surface area contributed by atoms with E-state index in [0.717, 1.165) is 0 Å². The highest BCUT2D eigenvalue weighted by Gasteiger charge is 2.18. The monoisotopic (exact) mass is 361 g/mol. The molecule has 0 aliphatic carbocycles. The molecule has 0 aliphatic heterocycles. The van der Waals surface area contributed by atoms with Gasteiger partial charge in [0, 0.05) is 23.8 Å². The van der Waals surface area contributed by atoms with Crippen molar-refractivity contribution in [3.63, 3.8) is 0 Å². The Balaban J connectivity index is 2.32. The van der Waals surface area contributed by atoms with Gasteiger partial charge in [-0.25, -0.2) is 10.4 Å². The molecular formula is C16H19N5O5. The molecule has 0 amide bonds. The molecule has 0 bridgehead atoms. The minimum atomic E-state index is -0.561. The molecule has 1 aromatic heterocycles. The molecule has 138 valence electrons. The average Bonchev–Trinajstić information content (AvgIpc) is 2.60. The third kappa shape index (κ3) is 4.35. The smallest absolute Gasteiger partial charge is 0.311 e. The minimum Gasteiger partial charge on any atom is -0.496 e. The van der Waals surface area contributed by atoms with Crippen LogP contribution >= 0.6 is 0 Å². The molecule has 2 rings (SSSR count). The van der Waals surface area contributed by atoms with Crippen molar-refractivity contribution >= 4 is 17.9 Å². The van der Waals surface area contributed by atoms with E-state index in [2.05, 4.69) is 20.5 Å². The van der Waals surface area contributed by atoms with Crippen LogP contribution in [0.4, 0.5) is 11.6 Å². The van der Waals surface area contributed by atoms with Gasteiger partial charge >= 0.3 is 5.69 Å². The fourth-order valence-electron chi connectivity index (χ4n) is 2.14. The Morgan fingerprint density at radius 1 is 1.27 bits per heavy atom. The standard InChI is InChI=1S/C16H19N5O5/c1-9(2)11-6-15(22)19-16(18-11)20-17-8-10-5-12(21(23)24)14(26-4)7-13(10)25-3/h5-9H,1-4H3,(H2,18,19,20,22)/b17-8-. The van der Waals surface area contributed by atoms with E-state index < -0.39 is 4.92 Å². The quantitative estimate of drug-likeness (QED) is 0.439. The third-order valence-electron chi connectivity index (χ3n) is 3.46. The molecule has 0 saturated carbocycles. The van der Waals surface area contributed by atoms with E-state index in [0.29, 0.717) is 17.0 Å². The van der Waals surface area contributed by atoms with Gasteiger partial charge in [0.25, 0.3) is 5.56 Å². The van der Waals surface area contributed by atoms with Crippen LogP contribution in [0.5, 0.6) is 11.5 Å². The summed E-state index contributed by atoms with van der Waals surface area (Å²) in [5, 5.41) is 15.1. The molecular weight excluding hydrogens is 342 g/mol. The van der Waals surface area contributed by atoms with E-state index in [4.69, 9.17) is 9.47 Å². The molecule has 1 aromatic carbocycles. The Morgan fingerprint density at radius 3 is 2.54 bits per heavy atom. The van der Waals surface area contributed by atoms with Crippen LogP contribution in [0.25, 0.3) is 0 Å². The molecule has 1 heterocycles. The number of hydrazone groups is 1. The fraction of sp³-hybridized carbons (Fsp3) is 0.312. The molecule has 0 saturated heterocycles. The molecule has 0 spiro atoms. The summed E-state index contributed by atoms with van der Waals surface area (Å²) >= 11 is 0. The minimum absolute atomic E-state index is 0.0751. The SMILES string of the molecule is COc1cc(OC)c([N+](=O)[O-])cc1/C=N\Nc1nc(C(C)C)cc(=O)[nH]1. The number of H-pyrrole nitrogens is 1. The number of hydrogen-bond donors (Lipinski definition) is 2. The summed E-state index contributed by atoms with van der Waals surface area (Å²) in [5.41, 5.74) is 3.05. The van der Waals surface area contributed by atoms with Gasteiger partial charge in [0.1, 0.15) is 5.75 Å². The van der Waals surface area contributed by atoms with Gasteiger partial charge in [-0.05, 0) is 5.92 Å². The van der Waals surface area contributed by atoms with Crippen molar-refractivity contribution in [1.82, 2.24) is 9.97 Å². The lowest BCUT2D eigenvalue weighted by Crippen LogP contribution is -2.12. The molecule has 0 radical (unpaired) electrons. The van der Waals surface area contributed by atoms with Gasteiger partial charge in [-0.15, -0.1) is 0 Å². The first-order chi connectivity index (χ1) is 12.3. The Hall–Kier alpha value is -3.43. The highest BCUT2D eigenvalue weighted by atomic mass is 16.6. The summed E-state index contributed by atoms with van der Waals surface area (Å²) in [6.45, 7) is 3.83. The van der Waals surface area contributed by atoms with Crippen molar-refractivity contribution in [2.75, 3.05) is 19.6 Å². The Kier molecular flexibility index (Phi) is 5.89. The summed E-state index contributed by atoms with van der Waals surface area (Å²) in [7, 11) is 2.76. The van der Waals surface area contributed by atoms with E-state index in [1.807, 2.05) is 13.8 Å². The van der Waals surface area contributed by atoms with Crippen LogP contribution in [-0.4, -0.2) is 35.3 Å². The highest BCUT2D eigenvalue weighted by Crippen LogP contribution is 2.33. The first-order valence-corrected chi connectivity index (χ1v) is 7.66. The van der Waals surface area contributed by atoms with Gasteiger partial charge in [0.15, 0.2) is 0 Å². The number of ether oxygens (including phenoxy) is 2. The first kappa shape index (κ1) is 18.9. The van der Waals surface area contributed by atoms with Gasteiger partial charge in [-0.2, -0.15) is 5.10 Å². The van der Waals surface area contributed by atoms with E-state index in [-0.39, 0.29) is 28.9 Å². The van der Waals surface area contributed by atoms with E-state index >= 15 is 0 Å². The number of nitrogens with one attached hydrogen (secondary N) is 2. The van der Waals surface area contributed by atoms with Crippen molar-refractivity contribution in [3.05, 3.63) is 49.9 Å².